The zero-order valence-corrected chi connectivity index (χ0v) is 14.6. The van der Waals surface area contributed by atoms with Crippen LogP contribution in [0.3, 0.4) is 0 Å². The average molecular weight is 346 g/mol. The van der Waals surface area contributed by atoms with E-state index in [0.29, 0.717) is 6.42 Å². The lowest BCUT2D eigenvalue weighted by Gasteiger charge is -2.18. The van der Waals surface area contributed by atoms with Crippen molar-refractivity contribution in [3.8, 4) is 11.7 Å². The number of aryl methyl sites for hydroxylation is 1. The predicted octanol–water partition coefficient (Wildman–Crippen LogP) is 2.83. The van der Waals surface area contributed by atoms with Crippen molar-refractivity contribution in [1.29, 1.82) is 0 Å². The maximum absolute atomic E-state index is 12.8. The molecule has 130 valence electrons. The lowest BCUT2D eigenvalue weighted by Crippen LogP contribution is -2.28. The Bertz CT molecular complexity index is 1060. The maximum Gasteiger partial charge on any atom is 0.278 e. The van der Waals surface area contributed by atoms with Crippen LogP contribution < -0.4 is 10.3 Å². The average Bonchev–Trinajstić information content (AvgIpc) is 2.68. The topological polar surface area (TPSA) is 69.9 Å². The number of rotatable bonds is 3. The van der Waals surface area contributed by atoms with Crippen molar-refractivity contribution >= 4 is 11.6 Å². The Hall–Kier alpha value is -3.28. The second-order valence-electron chi connectivity index (χ2n) is 6.22. The molecule has 1 aliphatic rings. The van der Waals surface area contributed by atoms with Crippen LogP contribution in [0.4, 0.5) is 0 Å². The Balaban J connectivity index is 1.79. The fraction of sp³-hybridized carbons (Fsp3) is 0.200. The molecule has 0 saturated heterocycles. The summed E-state index contributed by atoms with van der Waals surface area (Å²) in [6, 6.07) is 7.86. The second kappa shape index (κ2) is 6.55. The fourth-order valence-electron chi connectivity index (χ4n) is 3.22. The highest BCUT2D eigenvalue weighted by atomic mass is 16.5. The number of allylic oxidation sites excluding steroid dienone is 1. The summed E-state index contributed by atoms with van der Waals surface area (Å²) < 4.78 is 6.78. The molecule has 2 aromatic heterocycles. The lowest BCUT2D eigenvalue weighted by molar-refractivity contribution is 0.413. The van der Waals surface area contributed by atoms with Crippen molar-refractivity contribution in [2.24, 2.45) is 0 Å². The van der Waals surface area contributed by atoms with Gasteiger partial charge in [-0.3, -0.25) is 4.79 Å². The third-order valence-electron chi connectivity index (χ3n) is 4.53. The van der Waals surface area contributed by atoms with Gasteiger partial charge in [0, 0.05) is 29.1 Å². The monoisotopic (exact) mass is 346 g/mol. The van der Waals surface area contributed by atoms with E-state index < -0.39 is 0 Å². The first-order chi connectivity index (χ1) is 12.7. The van der Waals surface area contributed by atoms with Crippen LogP contribution in [0.2, 0.25) is 0 Å². The summed E-state index contributed by atoms with van der Waals surface area (Å²) in [7, 11) is 1.68. The summed E-state index contributed by atoms with van der Waals surface area (Å²) in [6.45, 7) is 2.04. The Morgan fingerprint density at radius 1 is 1.15 bits per heavy atom. The fourth-order valence-corrected chi connectivity index (χ4v) is 3.22. The molecular weight excluding hydrogens is 328 g/mol. The summed E-state index contributed by atoms with van der Waals surface area (Å²) in [5, 5.41) is 4.25. The van der Waals surface area contributed by atoms with Crippen molar-refractivity contribution in [1.82, 2.24) is 19.7 Å². The number of benzene rings is 1. The molecular formula is C20H18N4O2. The summed E-state index contributed by atoms with van der Waals surface area (Å²) in [4.78, 5) is 21.0. The summed E-state index contributed by atoms with van der Waals surface area (Å²) >= 11 is 0. The Labute approximate surface area is 150 Å². The first-order valence-corrected chi connectivity index (χ1v) is 8.41. The van der Waals surface area contributed by atoms with Gasteiger partial charge in [0.2, 0.25) is 0 Å². The predicted molar refractivity (Wildman–Crippen MR) is 99.3 cm³/mol. The van der Waals surface area contributed by atoms with Gasteiger partial charge in [-0.25, -0.2) is 9.97 Å². The number of fused-ring (bicyclic) bond motifs is 1. The molecule has 0 bridgehead atoms. The number of hydrogen-bond acceptors (Lipinski definition) is 5. The van der Waals surface area contributed by atoms with Gasteiger partial charge in [-0.05, 0) is 49.1 Å². The highest BCUT2D eigenvalue weighted by Crippen LogP contribution is 2.34. The molecule has 0 unspecified atom stereocenters. The van der Waals surface area contributed by atoms with Gasteiger partial charge in [-0.1, -0.05) is 12.1 Å². The molecule has 26 heavy (non-hydrogen) atoms. The van der Waals surface area contributed by atoms with E-state index in [-0.39, 0.29) is 11.5 Å². The van der Waals surface area contributed by atoms with Gasteiger partial charge >= 0.3 is 0 Å². The largest absolute Gasteiger partial charge is 0.496 e. The molecule has 4 rings (SSSR count). The second-order valence-corrected chi connectivity index (χ2v) is 6.22. The lowest BCUT2D eigenvalue weighted by atomic mass is 9.89. The molecule has 1 aliphatic carbocycles. The molecule has 1 aromatic carbocycles. The van der Waals surface area contributed by atoms with E-state index in [1.54, 1.807) is 31.8 Å². The van der Waals surface area contributed by atoms with E-state index in [4.69, 9.17) is 4.74 Å². The smallest absolute Gasteiger partial charge is 0.278 e. The van der Waals surface area contributed by atoms with E-state index in [1.807, 2.05) is 19.1 Å². The van der Waals surface area contributed by atoms with E-state index >= 15 is 0 Å². The number of aromatic nitrogens is 4. The van der Waals surface area contributed by atoms with Gasteiger partial charge in [0.15, 0.2) is 0 Å². The molecule has 3 aromatic rings. The van der Waals surface area contributed by atoms with Gasteiger partial charge in [0.05, 0.1) is 13.3 Å². The number of hydrogen-bond donors (Lipinski definition) is 0. The van der Waals surface area contributed by atoms with Crippen LogP contribution in [0.15, 0.2) is 47.7 Å². The van der Waals surface area contributed by atoms with Crippen LogP contribution in [0.5, 0.6) is 5.75 Å². The van der Waals surface area contributed by atoms with Crippen molar-refractivity contribution in [2.45, 2.75) is 19.8 Å². The van der Waals surface area contributed by atoms with Crippen molar-refractivity contribution in [3.05, 3.63) is 75.5 Å². The number of methoxy groups -OCH3 is 1. The van der Waals surface area contributed by atoms with Gasteiger partial charge in [0.1, 0.15) is 5.75 Å². The molecule has 0 N–H and O–H groups in total. The molecule has 6 heteroatoms. The highest BCUT2D eigenvalue weighted by molar-refractivity contribution is 5.86. The van der Waals surface area contributed by atoms with Crippen LogP contribution in [-0.2, 0) is 6.42 Å². The zero-order chi connectivity index (χ0) is 18.1. The van der Waals surface area contributed by atoms with Gasteiger partial charge in [0.25, 0.3) is 11.5 Å². The third-order valence-corrected chi connectivity index (χ3v) is 4.53. The molecule has 0 saturated carbocycles. The van der Waals surface area contributed by atoms with Crippen LogP contribution in [0.1, 0.15) is 28.7 Å². The SMILES string of the molecule is COc1cc(C)ccc1C1=Cc2cnn(-c3ncccn3)c(=O)c2CC1. The standard InChI is InChI=1S/C20H18N4O2/c1-13-4-6-16(18(10-13)26-2)14-5-7-17-15(11-14)12-23-24(19(17)25)20-21-8-3-9-22-20/h3-4,6,8-12H,5,7H2,1-2H3. The van der Waals surface area contributed by atoms with Gasteiger partial charge in [-0.15, -0.1) is 0 Å². The molecule has 0 aliphatic heterocycles. The zero-order valence-electron chi connectivity index (χ0n) is 14.6. The minimum atomic E-state index is -0.167. The minimum absolute atomic E-state index is 0.167. The highest BCUT2D eigenvalue weighted by Gasteiger charge is 2.19. The molecule has 2 heterocycles. The van der Waals surface area contributed by atoms with Crippen molar-refractivity contribution in [2.75, 3.05) is 7.11 Å². The van der Waals surface area contributed by atoms with E-state index in [9.17, 15) is 4.79 Å². The first-order valence-electron chi connectivity index (χ1n) is 8.41. The third kappa shape index (κ3) is 2.79. The van der Waals surface area contributed by atoms with Crippen LogP contribution in [0, 0.1) is 6.92 Å². The van der Waals surface area contributed by atoms with Gasteiger partial charge < -0.3 is 4.74 Å². The maximum atomic E-state index is 12.8. The molecule has 0 radical (unpaired) electrons. The van der Waals surface area contributed by atoms with Gasteiger partial charge in [-0.2, -0.15) is 9.78 Å². The summed E-state index contributed by atoms with van der Waals surface area (Å²) in [5.74, 6) is 1.13. The number of nitrogens with zero attached hydrogens (tertiary/aromatic N) is 4. The quantitative estimate of drug-likeness (QED) is 0.729. The van der Waals surface area contributed by atoms with E-state index in [1.165, 1.54) is 4.68 Å². The van der Waals surface area contributed by atoms with Crippen molar-refractivity contribution in [3.63, 3.8) is 0 Å². The Morgan fingerprint density at radius 3 is 2.73 bits per heavy atom. The Kier molecular flexibility index (Phi) is 4.08. The number of ether oxygens (including phenoxy) is 1. The van der Waals surface area contributed by atoms with E-state index in [0.717, 1.165) is 40.0 Å². The molecule has 0 spiro atoms. The minimum Gasteiger partial charge on any atom is -0.496 e. The van der Waals surface area contributed by atoms with Crippen molar-refractivity contribution < 1.29 is 4.74 Å². The molecule has 0 atom stereocenters. The van der Waals surface area contributed by atoms with Crippen LogP contribution in [0.25, 0.3) is 17.6 Å². The van der Waals surface area contributed by atoms with Crippen LogP contribution >= 0.6 is 0 Å². The first kappa shape index (κ1) is 16.2. The normalized spacial score (nSPS) is 13.1. The molecule has 0 fully saturated rings. The van der Waals surface area contributed by atoms with Crippen LogP contribution in [-0.4, -0.2) is 26.9 Å². The molecule has 6 nitrogen and oxygen atoms in total. The Morgan fingerprint density at radius 2 is 1.96 bits per heavy atom. The van der Waals surface area contributed by atoms with E-state index in [2.05, 4.69) is 27.2 Å². The summed E-state index contributed by atoms with van der Waals surface area (Å²) in [5.41, 5.74) is 4.76. The molecule has 0 amide bonds. The summed E-state index contributed by atoms with van der Waals surface area (Å²) in [6.07, 6.45) is 8.33.